The number of hydrogen-bond acceptors (Lipinski definition) is 4. The molecule has 0 radical (unpaired) electrons. The molecule has 4 bridgehead atoms. The summed E-state index contributed by atoms with van der Waals surface area (Å²) in [5.41, 5.74) is 0.124. The molecule has 2 unspecified atom stereocenters. The summed E-state index contributed by atoms with van der Waals surface area (Å²) in [6.07, 6.45) is 14.9. The first-order valence-electron chi connectivity index (χ1n) is 11.2. The van der Waals surface area contributed by atoms with Crippen molar-refractivity contribution >= 4 is 5.91 Å². The SMILES string of the molecule is O=C(N[C@H]1C2CC3CC1C[C@](O)(C3)C2)c1cnn(C2CCCC2)c1-n1cccn1. The molecule has 0 aromatic carbocycles. The quantitative estimate of drug-likeness (QED) is 0.834. The van der Waals surface area contributed by atoms with Gasteiger partial charge in [0.05, 0.1) is 17.8 Å². The van der Waals surface area contributed by atoms with Crippen LogP contribution < -0.4 is 5.32 Å². The third-order valence-electron chi connectivity index (χ3n) is 7.94. The summed E-state index contributed by atoms with van der Waals surface area (Å²) >= 11 is 0. The molecular weight excluding hydrogens is 366 g/mol. The second-order valence-electron chi connectivity index (χ2n) is 9.91. The number of carbonyl (C=O) groups is 1. The number of amides is 1. The second-order valence-corrected chi connectivity index (χ2v) is 9.91. The summed E-state index contributed by atoms with van der Waals surface area (Å²) in [5.74, 6) is 2.16. The minimum atomic E-state index is -0.481. The van der Waals surface area contributed by atoms with Gasteiger partial charge in [0.1, 0.15) is 5.56 Å². The van der Waals surface area contributed by atoms with Gasteiger partial charge in [-0.3, -0.25) is 4.79 Å². The van der Waals surface area contributed by atoms with Crippen LogP contribution in [0, 0.1) is 17.8 Å². The maximum absolute atomic E-state index is 13.4. The molecule has 5 saturated carbocycles. The molecule has 2 heterocycles. The molecule has 5 aliphatic carbocycles. The summed E-state index contributed by atoms with van der Waals surface area (Å²) in [4.78, 5) is 13.4. The molecule has 7 rings (SSSR count). The largest absolute Gasteiger partial charge is 0.390 e. The molecule has 0 aliphatic heterocycles. The first kappa shape index (κ1) is 17.7. The topological polar surface area (TPSA) is 85.0 Å². The Morgan fingerprint density at radius 1 is 1.14 bits per heavy atom. The van der Waals surface area contributed by atoms with Gasteiger partial charge in [-0.1, -0.05) is 12.8 Å². The average molecular weight is 396 g/mol. The van der Waals surface area contributed by atoms with E-state index in [4.69, 9.17) is 0 Å². The molecule has 0 spiro atoms. The van der Waals surface area contributed by atoms with E-state index in [1.165, 1.54) is 12.8 Å². The highest BCUT2D eigenvalue weighted by Crippen LogP contribution is 2.55. The van der Waals surface area contributed by atoms with Crippen molar-refractivity contribution in [3.05, 3.63) is 30.2 Å². The summed E-state index contributed by atoms with van der Waals surface area (Å²) in [6.45, 7) is 0. The zero-order valence-electron chi connectivity index (χ0n) is 16.7. The van der Waals surface area contributed by atoms with E-state index in [1.807, 2.05) is 16.9 Å². The molecule has 2 aromatic heterocycles. The second kappa shape index (κ2) is 6.42. The third kappa shape index (κ3) is 2.85. The Morgan fingerprint density at radius 3 is 2.55 bits per heavy atom. The Hall–Kier alpha value is -2.15. The maximum Gasteiger partial charge on any atom is 0.256 e. The van der Waals surface area contributed by atoms with E-state index in [2.05, 4.69) is 15.5 Å². The fourth-order valence-electron chi connectivity index (χ4n) is 7.00. The molecule has 5 fully saturated rings. The van der Waals surface area contributed by atoms with Gasteiger partial charge in [0.25, 0.3) is 5.91 Å². The zero-order chi connectivity index (χ0) is 19.6. The van der Waals surface area contributed by atoms with Crippen molar-refractivity contribution < 1.29 is 9.90 Å². The number of carbonyl (C=O) groups excluding carboxylic acids is 1. The van der Waals surface area contributed by atoms with Crippen LogP contribution in [-0.4, -0.2) is 42.2 Å². The molecule has 29 heavy (non-hydrogen) atoms. The van der Waals surface area contributed by atoms with Crippen LogP contribution in [0.3, 0.4) is 0 Å². The summed E-state index contributed by atoms with van der Waals surface area (Å²) in [6, 6.07) is 2.39. The van der Waals surface area contributed by atoms with Crippen LogP contribution in [0.4, 0.5) is 0 Å². The van der Waals surface area contributed by atoms with Gasteiger partial charge in [0.15, 0.2) is 5.82 Å². The van der Waals surface area contributed by atoms with E-state index >= 15 is 0 Å². The first-order valence-corrected chi connectivity index (χ1v) is 11.2. The monoisotopic (exact) mass is 395 g/mol. The number of rotatable bonds is 4. The van der Waals surface area contributed by atoms with Crippen LogP contribution in [0.2, 0.25) is 0 Å². The van der Waals surface area contributed by atoms with Crippen molar-refractivity contribution in [3.63, 3.8) is 0 Å². The van der Waals surface area contributed by atoms with Gasteiger partial charge in [0, 0.05) is 18.4 Å². The normalized spacial score (nSPS) is 36.0. The average Bonchev–Trinajstić information content (AvgIpc) is 3.43. The summed E-state index contributed by atoms with van der Waals surface area (Å²) < 4.78 is 3.79. The van der Waals surface area contributed by atoms with Gasteiger partial charge in [-0.2, -0.15) is 10.2 Å². The summed E-state index contributed by atoms with van der Waals surface area (Å²) in [7, 11) is 0. The Balaban J connectivity index is 1.30. The first-order chi connectivity index (χ1) is 14.1. The third-order valence-corrected chi connectivity index (χ3v) is 7.94. The van der Waals surface area contributed by atoms with Crippen molar-refractivity contribution in [1.29, 1.82) is 0 Å². The Kier molecular flexibility index (Phi) is 3.92. The van der Waals surface area contributed by atoms with Crippen LogP contribution in [0.15, 0.2) is 24.7 Å². The van der Waals surface area contributed by atoms with Crippen LogP contribution in [0.1, 0.15) is 74.2 Å². The van der Waals surface area contributed by atoms with Gasteiger partial charge in [0.2, 0.25) is 0 Å². The van der Waals surface area contributed by atoms with E-state index in [1.54, 1.807) is 17.1 Å². The molecule has 2 N–H and O–H groups in total. The van der Waals surface area contributed by atoms with E-state index in [-0.39, 0.29) is 11.9 Å². The lowest BCUT2D eigenvalue weighted by Gasteiger charge is -2.58. The molecule has 7 heteroatoms. The Bertz CT molecular complexity index is 898. The highest BCUT2D eigenvalue weighted by atomic mass is 16.3. The highest BCUT2D eigenvalue weighted by Gasteiger charge is 2.55. The molecule has 1 amide bonds. The van der Waals surface area contributed by atoms with Crippen molar-refractivity contribution in [1.82, 2.24) is 24.9 Å². The molecule has 154 valence electrons. The van der Waals surface area contributed by atoms with Crippen LogP contribution in [-0.2, 0) is 0 Å². The zero-order valence-corrected chi connectivity index (χ0v) is 16.7. The fourth-order valence-corrected chi connectivity index (χ4v) is 7.00. The molecule has 0 saturated heterocycles. The van der Waals surface area contributed by atoms with E-state index < -0.39 is 5.60 Å². The van der Waals surface area contributed by atoms with Gasteiger partial charge < -0.3 is 10.4 Å². The lowest BCUT2D eigenvalue weighted by molar-refractivity contribution is -0.136. The lowest BCUT2D eigenvalue weighted by atomic mass is 9.52. The van der Waals surface area contributed by atoms with E-state index in [0.717, 1.165) is 50.8 Å². The number of aromatic nitrogens is 4. The van der Waals surface area contributed by atoms with Gasteiger partial charge in [-0.25, -0.2) is 9.36 Å². The van der Waals surface area contributed by atoms with Crippen molar-refractivity contribution in [3.8, 4) is 5.82 Å². The summed E-state index contributed by atoms with van der Waals surface area (Å²) in [5, 5.41) is 23.2. The van der Waals surface area contributed by atoms with Gasteiger partial charge >= 0.3 is 0 Å². The molecule has 7 nitrogen and oxygen atoms in total. The highest BCUT2D eigenvalue weighted by molar-refractivity contribution is 5.97. The smallest absolute Gasteiger partial charge is 0.256 e. The number of hydrogen-bond donors (Lipinski definition) is 2. The van der Waals surface area contributed by atoms with Crippen LogP contribution in [0.5, 0.6) is 0 Å². The fraction of sp³-hybridized carbons (Fsp3) is 0.682. The number of nitrogens with zero attached hydrogens (tertiary/aromatic N) is 4. The lowest BCUT2D eigenvalue weighted by Crippen LogP contribution is -2.61. The van der Waals surface area contributed by atoms with Gasteiger partial charge in [-0.15, -0.1) is 0 Å². The molecule has 5 aliphatic rings. The predicted molar refractivity (Wildman–Crippen MR) is 107 cm³/mol. The minimum Gasteiger partial charge on any atom is -0.390 e. The van der Waals surface area contributed by atoms with Gasteiger partial charge in [-0.05, 0) is 68.8 Å². The number of nitrogens with one attached hydrogen (secondary N) is 1. The van der Waals surface area contributed by atoms with Crippen LogP contribution in [0.25, 0.3) is 5.82 Å². The minimum absolute atomic E-state index is 0.0517. The van der Waals surface area contributed by atoms with Crippen molar-refractivity contribution in [2.24, 2.45) is 17.8 Å². The Labute approximate surface area is 170 Å². The maximum atomic E-state index is 13.4. The molecule has 2 aromatic rings. The predicted octanol–water partition coefficient (Wildman–Crippen LogP) is 2.85. The number of aliphatic hydroxyl groups is 1. The van der Waals surface area contributed by atoms with E-state index in [0.29, 0.717) is 29.4 Å². The van der Waals surface area contributed by atoms with Crippen molar-refractivity contribution in [2.75, 3.05) is 0 Å². The van der Waals surface area contributed by atoms with E-state index in [9.17, 15) is 9.90 Å². The van der Waals surface area contributed by atoms with Crippen molar-refractivity contribution in [2.45, 2.75) is 75.5 Å². The molecular formula is C22H29N5O2. The standard InChI is InChI=1S/C22H29N5O2/c28-20(25-19-15-8-14-9-16(19)12-22(29,10-14)11-15)18-13-24-27(17-4-1-2-5-17)21(18)26-7-3-6-23-26/h3,6-7,13-17,19,29H,1-2,4-5,8-12H2,(H,25,28)/t14?,15?,16?,19-,22-. The van der Waals surface area contributed by atoms with Crippen LogP contribution >= 0.6 is 0 Å². The molecule has 2 atom stereocenters. The Morgan fingerprint density at radius 2 is 1.90 bits per heavy atom.